The van der Waals surface area contributed by atoms with Crippen molar-refractivity contribution in [2.24, 2.45) is 0 Å². The highest BCUT2D eigenvalue weighted by Crippen LogP contribution is 2.37. The van der Waals surface area contributed by atoms with Crippen LogP contribution >= 0.6 is 0 Å². The van der Waals surface area contributed by atoms with Crippen LogP contribution in [0.1, 0.15) is 46.3 Å². The van der Waals surface area contributed by atoms with Gasteiger partial charge in [0, 0.05) is 35.2 Å². The number of piperidine rings is 1. The lowest BCUT2D eigenvalue weighted by Crippen LogP contribution is -2.28. The number of phenols is 1. The molecule has 1 fully saturated rings. The van der Waals surface area contributed by atoms with Crippen LogP contribution in [0.4, 0.5) is 0 Å². The Bertz CT molecular complexity index is 1410. The van der Waals surface area contributed by atoms with Crippen LogP contribution in [0.15, 0.2) is 54.6 Å². The number of aromatic amines is 1. The van der Waals surface area contributed by atoms with Crippen molar-refractivity contribution in [3.8, 4) is 28.1 Å². The van der Waals surface area contributed by atoms with Crippen LogP contribution in [-0.4, -0.2) is 34.0 Å². The molecule has 172 valence electrons. The van der Waals surface area contributed by atoms with Gasteiger partial charge >= 0.3 is 0 Å². The van der Waals surface area contributed by atoms with E-state index in [-0.39, 0.29) is 11.7 Å². The minimum atomic E-state index is -0.0246. The molecule has 0 spiro atoms. The SMILES string of the molecule is Cc1cc(O)ccc1-c1cc2c(c(-c3cc4cc(CN5CCCCC5)ccc4[nH]3)c1)C(=O)NC2. The van der Waals surface area contributed by atoms with E-state index in [4.69, 9.17) is 0 Å². The number of likely N-dealkylation sites (tertiary alicyclic amines) is 1. The number of rotatable bonds is 4. The summed E-state index contributed by atoms with van der Waals surface area (Å²) in [4.78, 5) is 18.8. The molecule has 3 aromatic carbocycles. The molecular weight excluding hydrogens is 422 g/mol. The molecule has 5 heteroatoms. The highest BCUT2D eigenvalue weighted by atomic mass is 16.3. The molecule has 2 aliphatic heterocycles. The van der Waals surface area contributed by atoms with E-state index in [9.17, 15) is 9.90 Å². The maximum absolute atomic E-state index is 12.7. The Morgan fingerprint density at radius 3 is 2.62 bits per heavy atom. The van der Waals surface area contributed by atoms with Crippen molar-refractivity contribution in [2.45, 2.75) is 39.3 Å². The predicted molar refractivity (Wildman–Crippen MR) is 136 cm³/mol. The van der Waals surface area contributed by atoms with Crippen molar-refractivity contribution in [1.29, 1.82) is 0 Å². The average Bonchev–Trinajstić information content (AvgIpc) is 3.42. The summed E-state index contributed by atoms with van der Waals surface area (Å²) in [5, 5.41) is 14.0. The zero-order valence-electron chi connectivity index (χ0n) is 19.4. The molecule has 34 heavy (non-hydrogen) atoms. The smallest absolute Gasteiger partial charge is 0.252 e. The molecule has 5 nitrogen and oxygen atoms in total. The minimum Gasteiger partial charge on any atom is -0.508 e. The number of nitrogens with zero attached hydrogens (tertiary/aromatic N) is 1. The molecule has 0 saturated carbocycles. The molecular formula is C29H29N3O2. The second kappa shape index (κ2) is 8.33. The number of H-pyrrole nitrogens is 1. The molecule has 4 aromatic rings. The van der Waals surface area contributed by atoms with Crippen LogP contribution in [0.5, 0.6) is 5.75 Å². The summed E-state index contributed by atoms with van der Waals surface area (Å²) in [5.41, 5.74) is 9.15. The number of aromatic nitrogens is 1. The monoisotopic (exact) mass is 451 g/mol. The molecule has 1 amide bonds. The van der Waals surface area contributed by atoms with Crippen molar-refractivity contribution in [3.05, 3.63) is 76.9 Å². The second-order valence-electron chi connectivity index (χ2n) is 9.68. The van der Waals surface area contributed by atoms with Gasteiger partial charge in [-0.1, -0.05) is 18.6 Å². The highest BCUT2D eigenvalue weighted by molar-refractivity contribution is 6.06. The highest BCUT2D eigenvalue weighted by Gasteiger charge is 2.25. The Morgan fingerprint density at radius 1 is 0.941 bits per heavy atom. The topological polar surface area (TPSA) is 68.4 Å². The number of amides is 1. The maximum Gasteiger partial charge on any atom is 0.252 e. The summed E-state index contributed by atoms with van der Waals surface area (Å²) in [6, 6.07) is 18.4. The largest absolute Gasteiger partial charge is 0.508 e. The van der Waals surface area contributed by atoms with Crippen LogP contribution in [-0.2, 0) is 13.1 Å². The van der Waals surface area contributed by atoms with Crippen molar-refractivity contribution in [1.82, 2.24) is 15.2 Å². The normalized spacial score (nSPS) is 16.1. The van der Waals surface area contributed by atoms with Crippen LogP contribution in [0, 0.1) is 6.92 Å². The molecule has 0 bridgehead atoms. The molecule has 0 atom stereocenters. The lowest BCUT2D eigenvalue weighted by Gasteiger charge is -2.26. The summed E-state index contributed by atoms with van der Waals surface area (Å²) in [7, 11) is 0. The average molecular weight is 452 g/mol. The van der Waals surface area contributed by atoms with Crippen LogP contribution in [0.2, 0.25) is 0 Å². The Kier molecular flexibility index (Phi) is 5.15. The molecule has 1 saturated heterocycles. The standard InChI is InChI=1S/C29H29N3O2/c1-18-11-23(33)6-7-24(18)20-13-22-16-30-29(34)28(22)25(14-20)27-15-21-12-19(5-8-26(21)31-27)17-32-9-3-2-4-10-32/h5-8,11-15,31,33H,2-4,9-10,16-17H2,1H3,(H,30,34). The molecule has 6 rings (SSSR count). The quantitative estimate of drug-likeness (QED) is 0.370. The van der Waals surface area contributed by atoms with E-state index in [0.717, 1.165) is 51.1 Å². The van der Waals surface area contributed by atoms with Crippen LogP contribution < -0.4 is 5.32 Å². The third kappa shape index (κ3) is 3.76. The summed E-state index contributed by atoms with van der Waals surface area (Å²) >= 11 is 0. The lowest BCUT2D eigenvalue weighted by atomic mass is 9.92. The molecule has 0 unspecified atom stereocenters. The fourth-order valence-corrected chi connectivity index (χ4v) is 5.51. The van der Waals surface area contributed by atoms with Crippen LogP contribution in [0.25, 0.3) is 33.3 Å². The van der Waals surface area contributed by atoms with Gasteiger partial charge in [-0.15, -0.1) is 0 Å². The Hall–Kier alpha value is -3.57. The number of carbonyl (C=O) groups is 1. The number of aromatic hydroxyl groups is 1. The molecule has 0 aliphatic carbocycles. The number of carbonyl (C=O) groups excluding carboxylic acids is 1. The number of nitrogens with one attached hydrogen (secondary N) is 2. The van der Waals surface area contributed by atoms with E-state index in [1.165, 1.54) is 43.3 Å². The molecule has 2 aliphatic rings. The van der Waals surface area contributed by atoms with E-state index in [0.29, 0.717) is 6.54 Å². The predicted octanol–water partition coefficient (Wildman–Crippen LogP) is 5.75. The molecule has 3 N–H and O–H groups in total. The van der Waals surface area contributed by atoms with E-state index in [1.54, 1.807) is 12.1 Å². The van der Waals surface area contributed by atoms with E-state index < -0.39 is 0 Å². The van der Waals surface area contributed by atoms with Gasteiger partial charge in [0.25, 0.3) is 5.91 Å². The fraction of sp³-hybridized carbons (Fsp3) is 0.276. The van der Waals surface area contributed by atoms with Gasteiger partial charge < -0.3 is 15.4 Å². The number of fused-ring (bicyclic) bond motifs is 2. The number of aryl methyl sites for hydroxylation is 1. The van der Waals surface area contributed by atoms with Gasteiger partial charge in [-0.25, -0.2) is 0 Å². The van der Waals surface area contributed by atoms with Crippen LogP contribution in [0.3, 0.4) is 0 Å². The molecule has 3 heterocycles. The zero-order chi connectivity index (χ0) is 23.2. The minimum absolute atomic E-state index is 0.0246. The molecule has 0 radical (unpaired) electrons. The van der Waals surface area contributed by atoms with Crippen molar-refractivity contribution in [3.63, 3.8) is 0 Å². The number of benzene rings is 3. The van der Waals surface area contributed by atoms with E-state index in [1.807, 2.05) is 13.0 Å². The van der Waals surface area contributed by atoms with Crippen molar-refractivity contribution < 1.29 is 9.90 Å². The summed E-state index contributed by atoms with van der Waals surface area (Å²) < 4.78 is 0. The lowest BCUT2D eigenvalue weighted by molar-refractivity contribution is 0.0966. The first-order chi connectivity index (χ1) is 16.5. The first-order valence-electron chi connectivity index (χ1n) is 12.1. The van der Waals surface area contributed by atoms with Gasteiger partial charge in [0.2, 0.25) is 0 Å². The number of hydrogen-bond acceptors (Lipinski definition) is 3. The summed E-state index contributed by atoms with van der Waals surface area (Å²) in [5.74, 6) is 0.235. The van der Waals surface area contributed by atoms with E-state index >= 15 is 0 Å². The third-order valence-electron chi connectivity index (χ3n) is 7.24. The zero-order valence-corrected chi connectivity index (χ0v) is 19.4. The van der Waals surface area contributed by atoms with Gasteiger partial charge in [0.05, 0.1) is 5.56 Å². The third-order valence-corrected chi connectivity index (χ3v) is 7.24. The first kappa shape index (κ1) is 21.0. The van der Waals surface area contributed by atoms with Crippen molar-refractivity contribution >= 4 is 16.8 Å². The van der Waals surface area contributed by atoms with Gasteiger partial charge in [0.15, 0.2) is 0 Å². The van der Waals surface area contributed by atoms with Gasteiger partial charge in [-0.05, 0) is 103 Å². The van der Waals surface area contributed by atoms with E-state index in [2.05, 4.69) is 51.6 Å². The number of hydrogen-bond donors (Lipinski definition) is 3. The van der Waals surface area contributed by atoms with Gasteiger partial charge in [0.1, 0.15) is 5.75 Å². The van der Waals surface area contributed by atoms with Gasteiger partial charge in [-0.3, -0.25) is 9.69 Å². The summed E-state index contributed by atoms with van der Waals surface area (Å²) in [6.07, 6.45) is 3.93. The maximum atomic E-state index is 12.7. The second-order valence-corrected chi connectivity index (χ2v) is 9.68. The fourth-order valence-electron chi connectivity index (χ4n) is 5.51. The first-order valence-corrected chi connectivity index (χ1v) is 12.1. The Balaban J connectivity index is 1.42. The summed E-state index contributed by atoms with van der Waals surface area (Å²) in [6.45, 7) is 5.89. The number of phenolic OH excluding ortho intramolecular Hbond substituents is 1. The Morgan fingerprint density at radius 2 is 1.79 bits per heavy atom. The Labute approximate surface area is 199 Å². The van der Waals surface area contributed by atoms with Gasteiger partial charge in [-0.2, -0.15) is 0 Å². The molecule has 1 aromatic heterocycles. The van der Waals surface area contributed by atoms with Crippen molar-refractivity contribution in [2.75, 3.05) is 13.1 Å².